The molecule has 0 saturated heterocycles. The Balaban J connectivity index is 1.59. The van der Waals surface area contributed by atoms with Gasteiger partial charge < -0.3 is 5.32 Å². The molecule has 0 fully saturated rings. The molecule has 5 heteroatoms. The Morgan fingerprint density at radius 3 is 2.75 bits per heavy atom. The second-order valence-electron chi connectivity index (χ2n) is 5.69. The zero-order valence-electron chi connectivity index (χ0n) is 13.6. The molecule has 2 heterocycles. The van der Waals surface area contributed by atoms with E-state index in [1.165, 1.54) is 0 Å². The van der Waals surface area contributed by atoms with E-state index in [4.69, 9.17) is 0 Å². The molecule has 0 aliphatic heterocycles. The molecule has 0 aliphatic rings. The Morgan fingerprint density at radius 1 is 1.17 bits per heavy atom. The zero-order valence-corrected chi connectivity index (χ0v) is 13.6. The smallest absolute Gasteiger partial charge is 0.220 e. The van der Waals surface area contributed by atoms with E-state index in [9.17, 15) is 4.79 Å². The first-order valence-electron chi connectivity index (χ1n) is 8.00. The number of aromatic nitrogens is 3. The molecular formula is C19H20N4O. The number of hydrogen-bond acceptors (Lipinski definition) is 3. The highest BCUT2D eigenvalue weighted by Gasteiger charge is 2.10. The molecule has 0 bridgehead atoms. The summed E-state index contributed by atoms with van der Waals surface area (Å²) in [6, 6.07) is 13.7. The summed E-state index contributed by atoms with van der Waals surface area (Å²) in [5.74, 6) is 0.0452. The maximum atomic E-state index is 12.2. The third kappa shape index (κ3) is 4.07. The minimum atomic E-state index is -0.0505. The van der Waals surface area contributed by atoms with Gasteiger partial charge in [0, 0.05) is 31.2 Å². The first kappa shape index (κ1) is 15.9. The van der Waals surface area contributed by atoms with Gasteiger partial charge >= 0.3 is 0 Å². The molecule has 5 nitrogen and oxygen atoms in total. The SMILES string of the molecule is C[C@H](NC(=O)CCc1ccncc1)c1cccc(-n2cccn2)c1. The number of benzene rings is 1. The van der Waals surface area contributed by atoms with Crippen molar-refractivity contribution in [3.8, 4) is 5.69 Å². The highest BCUT2D eigenvalue weighted by Crippen LogP contribution is 2.16. The van der Waals surface area contributed by atoms with Gasteiger partial charge in [-0.25, -0.2) is 4.68 Å². The minimum absolute atomic E-state index is 0.0452. The summed E-state index contributed by atoms with van der Waals surface area (Å²) in [7, 11) is 0. The lowest BCUT2D eigenvalue weighted by Crippen LogP contribution is -2.26. The molecule has 1 amide bonds. The van der Waals surface area contributed by atoms with Gasteiger partial charge in [0.1, 0.15) is 0 Å². The lowest BCUT2D eigenvalue weighted by Gasteiger charge is -2.15. The molecule has 1 aromatic carbocycles. The minimum Gasteiger partial charge on any atom is -0.350 e. The molecule has 122 valence electrons. The molecule has 1 N–H and O–H groups in total. The van der Waals surface area contributed by atoms with Crippen molar-refractivity contribution in [3.63, 3.8) is 0 Å². The number of carbonyl (C=O) groups is 1. The van der Waals surface area contributed by atoms with E-state index in [1.54, 1.807) is 18.6 Å². The molecule has 2 aromatic heterocycles. The van der Waals surface area contributed by atoms with Crippen molar-refractivity contribution in [1.82, 2.24) is 20.1 Å². The Morgan fingerprint density at radius 2 is 2.00 bits per heavy atom. The lowest BCUT2D eigenvalue weighted by molar-refractivity contribution is -0.121. The number of nitrogens with zero attached hydrogens (tertiary/aromatic N) is 3. The fraction of sp³-hybridized carbons (Fsp3) is 0.211. The van der Waals surface area contributed by atoms with Gasteiger partial charge in [-0.1, -0.05) is 12.1 Å². The van der Waals surface area contributed by atoms with E-state index in [0.29, 0.717) is 12.8 Å². The monoisotopic (exact) mass is 320 g/mol. The van der Waals surface area contributed by atoms with E-state index in [2.05, 4.69) is 15.4 Å². The number of aryl methyl sites for hydroxylation is 1. The number of amides is 1. The Bertz CT molecular complexity index is 784. The van der Waals surface area contributed by atoms with Gasteiger partial charge in [0.15, 0.2) is 0 Å². The molecule has 1 atom stereocenters. The van der Waals surface area contributed by atoms with Gasteiger partial charge in [0.05, 0.1) is 11.7 Å². The average Bonchev–Trinajstić information content (AvgIpc) is 3.16. The van der Waals surface area contributed by atoms with E-state index < -0.39 is 0 Å². The van der Waals surface area contributed by atoms with Crippen LogP contribution in [0.1, 0.15) is 30.5 Å². The molecule has 0 unspecified atom stereocenters. The molecule has 0 saturated carbocycles. The predicted octanol–water partition coefficient (Wildman–Crippen LogP) is 3.08. The van der Waals surface area contributed by atoms with Crippen LogP contribution in [0.15, 0.2) is 67.3 Å². The van der Waals surface area contributed by atoms with Gasteiger partial charge in [-0.3, -0.25) is 9.78 Å². The quantitative estimate of drug-likeness (QED) is 0.759. The summed E-state index contributed by atoms with van der Waals surface area (Å²) >= 11 is 0. The van der Waals surface area contributed by atoms with Crippen molar-refractivity contribution < 1.29 is 4.79 Å². The van der Waals surface area contributed by atoms with E-state index in [0.717, 1.165) is 16.8 Å². The second-order valence-corrected chi connectivity index (χ2v) is 5.69. The number of carbonyl (C=O) groups excluding carboxylic acids is 1. The number of hydrogen-bond donors (Lipinski definition) is 1. The Hall–Kier alpha value is -2.95. The fourth-order valence-electron chi connectivity index (χ4n) is 2.56. The Labute approximate surface area is 141 Å². The van der Waals surface area contributed by atoms with Gasteiger partial charge in [-0.15, -0.1) is 0 Å². The highest BCUT2D eigenvalue weighted by atomic mass is 16.1. The van der Waals surface area contributed by atoms with E-state index in [-0.39, 0.29) is 11.9 Å². The average molecular weight is 320 g/mol. The molecular weight excluding hydrogens is 300 g/mol. The van der Waals surface area contributed by atoms with E-state index in [1.807, 2.05) is 60.3 Å². The van der Waals surface area contributed by atoms with Crippen LogP contribution in [0.5, 0.6) is 0 Å². The summed E-state index contributed by atoms with van der Waals surface area (Å²) in [6.45, 7) is 1.99. The third-order valence-electron chi connectivity index (χ3n) is 3.91. The van der Waals surface area contributed by atoms with Crippen LogP contribution in [0.3, 0.4) is 0 Å². The molecule has 0 spiro atoms. The van der Waals surface area contributed by atoms with Gasteiger partial charge in [-0.05, 0) is 54.8 Å². The van der Waals surface area contributed by atoms with E-state index >= 15 is 0 Å². The molecule has 3 aromatic rings. The van der Waals surface area contributed by atoms with Crippen molar-refractivity contribution >= 4 is 5.91 Å². The first-order valence-corrected chi connectivity index (χ1v) is 8.00. The summed E-state index contributed by atoms with van der Waals surface area (Å²) < 4.78 is 1.81. The zero-order chi connectivity index (χ0) is 16.8. The third-order valence-corrected chi connectivity index (χ3v) is 3.91. The summed E-state index contributed by atoms with van der Waals surface area (Å²) in [5, 5.41) is 7.29. The van der Waals surface area contributed by atoms with Gasteiger partial charge in [0.25, 0.3) is 0 Å². The number of rotatable bonds is 6. The molecule has 0 aliphatic carbocycles. The van der Waals surface area contributed by atoms with Crippen LogP contribution in [0.25, 0.3) is 5.69 Å². The highest BCUT2D eigenvalue weighted by molar-refractivity contribution is 5.76. The van der Waals surface area contributed by atoms with Crippen LogP contribution in [-0.2, 0) is 11.2 Å². The van der Waals surface area contributed by atoms with Gasteiger partial charge in [-0.2, -0.15) is 5.10 Å². The van der Waals surface area contributed by atoms with Crippen LogP contribution in [-0.4, -0.2) is 20.7 Å². The van der Waals surface area contributed by atoms with Crippen LogP contribution in [0, 0.1) is 0 Å². The predicted molar refractivity (Wildman–Crippen MR) is 92.7 cm³/mol. The topological polar surface area (TPSA) is 59.8 Å². The molecule has 24 heavy (non-hydrogen) atoms. The largest absolute Gasteiger partial charge is 0.350 e. The number of pyridine rings is 1. The Kier molecular flexibility index (Phi) is 5.01. The van der Waals surface area contributed by atoms with Crippen molar-refractivity contribution in [3.05, 3.63) is 78.4 Å². The van der Waals surface area contributed by atoms with Crippen molar-refractivity contribution in [1.29, 1.82) is 0 Å². The van der Waals surface area contributed by atoms with Crippen LogP contribution >= 0.6 is 0 Å². The molecule has 3 rings (SSSR count). The molecule has 0 radical (unpaired) electrons. The van der Waals surface area contributed by atoms with Crippen LogP contribution in [0.2, 0.25) is 0 Å². The van der Waals surface area contributed by atoms with Gasteiger partial charge in [0.2, 0.25) is 5.91 Å². The standard InChI is InChI=1S/C19H20N4O/c1-15(22-19(24)7-6-16-8-11-20-12-9-16)17-4-2-5-18(14-17)23-13-3-10-21-23/h2-5,8-15H,6-7H2,1H3,(H,22,24)/t15-/m0/s1. The first-order chi connectivity index (χ1) is 11.7. The summed E-state index contributed by atoms with van der Waals surface area (Å²) in [4.78, 5) is 16.2. The number of nitrogens with one attached hydrogen (secondary N) is 1. The normalized spacial score (nSPS) is 11.9. The lowest BCUT2D eigenvalue weighted by atomic mass is 10.1. The maximum Gasteiger partial charge on any atom is 0.220 e. The van der Waals surface area contributed by atoms with Crippen LogP contribution in [0.4, 0.5) is 0 Å². The van der Waals surface area contributed by atoms with Crippen LogP contribution < -0.4 is 5.32 Å². The fourth-order valence-corrected chi connectivity index (χ4v) is 2.56. The maximum absolute atomic E-state index is 12.2. The van der Waals surface area contributed by atoms with Crippen molar-refractivity contribution in [2.24, 2.45) is 0 Å². The summed E-state index contributed by atoms with van der Waals surface area (Å²) in [6.07, 6.45) is 8.32. The summed E-state index contributed by atoms with van der Waals surface area (Å²) in [5.41, 5.74) is 3.16. The van der Waals surface area contributed by atoms with Crippen molar-refractivity contribution in [2.45, 2.75) is 25.8 Å². The second kappa shape index (κ2) is 7.55. The van der Waals surface area contributed by atoms with Crippen molar-refractivity contribution in [2.75, 3.05) is 0 Å².